The van der Waals surface area contributed by atoms with Gasteiger partial charge in [0, 0.05) is 21.7 Å². The van der Waals surface area contributed by atoms with Gasteiger partial charge in [0.15, 0.2) is 0 Å². The Labute approximate surface area is 179 Å². The van der Waals surface area contributed by atoms with E-state index in [1.807, 2.05) is 0 Å². The summed E-state index contributed by atoms with van der Waals surface area (Å²) in [6.07, 6.45) is 26.7. The highest BCUT2D eigenvalue weighted by Gasteiger charge is 3.26. The van der Waals surface area contributed by atoms with E-state index in [4.69, 9.17) is 0 Å². The quantitative estimate of drug-likeness (QED) is 0.410. The van der Waals surface area contributed by atoms with Crippen LogP contribution in [0.2, 0.25) is 0 Å². The lowest BCUT2D eigenvalue weighted by molar-refractivity contribution is 0.535. The lowest BCUT2D eigenvalue weighted by Gasteiger charge is -1.90. The van der Waals surface area contributed by atoms with Crippen LogP contribution < -0.4 is 0 Å². The van der Waals surface area contributed by atoms with Crippen LogP contribution in [-0.4, -0.2) is 0 Å². The molecule has 14 rings (SSSR count). The molecule has 0 aromatic rings. The van der Waals surface area contributed by atoms with Gasteiger partial charge in [0.25, 0.3) is 0 Å². The van der Waals surface area contributed by atoms with Crippen LogP contribution in [-0.2, 0) is 0 Å². The maximum Gasteiger partial charge on any atom is 0.0150 e. The van der Waals surface area contributed by atoms with E-state index in [-0.39, 0.29) is 0 Å². The summed E-state index contributed by atoms with van der Waals surface area (Å²) >= 11 is 0. The number of hydrogen-bond donors (Lipinski definition) is 0. The molecule has 0 heterocycles. The van der Waals surface area contributed by atoms with Gasteiger partial charge in [-0.25, -0.2) is 0 Å². The fourth-order valence-electron chi connectivity index (χ4n) is 17.5. The third kappa shape index (κ3) is 0.601. The summed E-state index contributed by atoms with van der Waals surface area (Å²) in [5.41, 5.74) is 15.6. The van der Waals surface area contributed by atoms with Crippen molar-refractivity contribution in [2.24, 2.45) is 65.0 Å². The van der Waals surface area contributed by atoms with E-state index in [0.717, 1.165) is 65.0 Å². The van der Waals surface area contributed by atoms with Crippen LogP contribution in [0, 0.1) is 65.0 Å². The zero-order valence-corrected chi connectivity index (χ0v) is 18.3. The van der Waals surface area contributed by atoms with E-state index in [0.29, 0.717) is 0 Å². The van der Waals surface area contributed by atoms with Crippen molar-refractivity contribution < 1.29 is 0 Å². The third-order valence-corrected chi connectivity index (χ3v) is 17.9. The predicted molar refractivity (Wildman–Crippen MR) is 110 cm³/mol. The smallest absolute Gasteiger partial charge is 0.0150 e. The number of fused-ring (bicyclic) bond motifs is 14. The maximum absolute atomic E-state index is 2.39. The van der Waals surface area contributed by atoms with Gasteiger partial charge in [0.05, 0.1) is 0 Å². The molecule has 0 aromatic heterocycles. The first-order valence-electron chi connectivity index (χ1n) is 14.4. The van der Waals surface area contributed by atoms with Crippen molar-refractivity contribution in [3.63, 3.8) is 0 Å². The van der Waals surface area contributed by atoms with Crippen LogP contribution in [0.1, 0.15) is 103 Å². The molecular formula is C30H32. The van der Waals surface area contributed by atoms with E-state index in [2.05, 4.69) is 11.1 Å². The molecule has 14 aliphatic rings. The molecule has 14 saturated carbocycles. The number of rotatable bonds is 0. The van der Waals surface area contributed by atoms with E-state index >= 15 is 0 Å². The van der Waals surface area contributed by atoms with E-state index < -0.39 is 0 Å². The molecular weight excluding hydrogens is 360 g/mol. The molecule has 0 saturated heterocycles. The summed E-state index contributed by atoms with van der Waals surface area (Å²) in [5, 5.41) is 0. The van der Waals surface area contributed by atoms with Gasteiger partial charge < -0.3 is 0 Å². The monoisotopic (exact) mass is 392 g/mol. The van der Waals surface area contributed by atoms with Crippen LogP contribution in [0.5, 0.6) is 0 Å². The van der Waals surface area contributed by atoms with Crippen molar-refractivity contribution in [1.29, 1.82) is 0 Å². The molecule has 152 valence electrons. The van der Waals surface area contributed by atoms with Crippen molar-refractivity contribution in [3.05, 3.63) is 11.1 Å². The summed E-state index contributed by atoms with van der Waals surface area (Å²) < 4.78 is 0. The Bertz CT molecular complexity index is 983. The van der Waals surface area contributed by atoms with Crippen LogP contribution in [0.3, 0.4) is 0 Å². The second kappa shape index (κ2) is 2.52. The first-order valence-corrected chi connectivity index (χ1v) is 14.4. The first kappa shape index (κ1) is 13.4. The van der Waals surface area contributed by atoms with E-state index in [1.54, 1.807) is 103 Å². The summed E-state index contributed by atoms with van der Waals surface area (Å²) in [7, 11) is 0. The maximum atomic E-state index is 2.39. The third-order valence-electron chi connectivity index (χ3n) is 17.9. The average Bonchev–Trinajstić information content (AvgIpc) is 3.43. The van der Waals surface area contributed by atoms with Crippen LogP contribution in [0.4, 0.5) is 0 Å². The number of hydrogen-bond acceptors (Lipinski definition) is 0. The predicted octanol–water partition coefficient (Wildman–Crippen LogP) is 6.55. The number of allylic oxidation sites excluding steroid dienone is 2. The Morgan fingerprint density at radius 3 is 0.467 bits per heavy atom. The largest absolute Gasteiger partial charge is 0.0532 e. The minimum Gasteiger partial charge on any atom is -0.0532 e. The first-order chi connectivity index (χ1) is 14.6. The van der Waals surface area contributed by atoms with Crippen LogP contribution >= 0.6 is 0 Å². The van der Waals surface area contributed by atoms with Crippen LogP contribution in [0.25, 0.3) is 0 Å². The Hall–Kier alpha value is -0.260. The van der Waals surface area contributed by atoms with Crippen molar-refractivity contribution in [2.75, 3.05) is 0 Å². The van der Waals surface area contributed by atoms with Gasteiger partial charge in [-0.15, -0.1) is 0 Å². The molecule has 0 aliphatic heterocycles. The summed E-state index contributed by atoms with van der Waals surface area (Å²) in [6.45, 7) is 0. The summed E-state index contributed by atoms with van der Waals surface area (Å²) in [5.74, 6) is 0. The summed E-state index contributed by atoms with van der Waals surface area (Å²) in [4.78, 5) is 0. The SMILES string of the molecule is C1CC12C1(CC1)C21C(=C2C3(C4(CC4)C34CC4)C23C2(CC2)C32CC2)C12C1(CC1)C21CC1. The Morgan fingerprint density at radius 1 is 0.233 bits per heavy atom. The zero-order chi connectivity index (χ0) is 18.5. The molecule has 0 amide bonds. The molecule has 0 radical (unpaired) electrons. The van der Waals surface area contributed by atoms with Gasteiger partial charge in [-0.05, 0) is 146 Å². The van der Waals surface area contributed by atoms with Crippen molar-refractivity contribution in [3.8, 4) is 0 Å². The van der Waals surface area contributed by atoms with Gasteiger partial charge in [0.1, 0.15) is 0 Å². The second-order valence-corrected chi connectivity index (χ2v) is 16.4. The Kier molecular flexibility index (Phi) is 1.13. The molecule has 0 aromatic carbocycles. The standard InChI is InChI=1S/C30H32/c1-2-19(1)20(3-4-20)27(19)17(28(27)21(5-6-21)22(28)7-8-22)18-29(23(9-10-23)24(29)11-12-24)30(18)25(13-14-25)26(30)15-16-26/h1-16H2. The lowest BCUT2D eigenvalue weighted by atomic mass is 10.1. The van der Waals surface area contributed by atoms with Gasteiger partial charge in [-0.1, -0.05) is 11.1 Å². The highest BCUT2D eigenvalue weighted by Crippen LogP contribution is 3.31. The van der Waals surface area contributed by atoms with E-state index in [1.165, 1.54) is 0 Å². The summed E-state index contributed by atoms with van der Waals surface area (Å²) in [6, 6.07) is 0. The topological polar surface area (TPSA) is 0 Å². The molecule has 12 spiro atoms. The lowest BCUT2D eigenvalue weighted by Crippen LogP contribution is -1.89. The van der Waals surface area contributed by atoms with Gasteiger partial charge in [-0.2, -0.15) is 0 Å². The molecule has 0 N–H and O–H groups in total. The van der Waals surface area contributed by atoms with Crippen molar-refractivity contribution in [2.45, 2.75) is 103 Å². The van der Waals surface area contributed by atoms with Crippen molar-refractivity contribution in [1.82, 2.24) is 0 Å². The molecule has 0 atom stereocenters. The zero-order valence-electron chi connectivity index (χ0n) is 18.3. The highest BCUT2D eigenvalue weighted by molar-refractivity contribution is 5.90. The molecule has 14 aliphatic carbocycles. The molecule has 30 heavy (non-hydrogen) atoms. The minimum atomic E-state index is 0.870. The Morgan fingerprint density at radius 2 is 0.367 bits per heavy atom. The molecule has 0 heteroatoms. The van der Waals surface area contributed by atoms with Gasteiger partial charge >= 0.3 is 0 Å². The highest BCUT2D eigenvalue weighted by atomic mass is 15.3. The van der Waals surface area contributed by atoms with Crippen LogP contribution in [0.15, 0.2) is 11.1 Å². The average molecular weight is 393 g/mol. The minimum absolute atomic E-state index is 0.870. The second-order valence-electron chi connectivity index (χ2n) is 16.4. The molecule has 0 bridgehead atoms. The van der Waals surface area contributed by atoms with Gasteiger partial charge in [0.2, 0.25) is 0 Å². The molecule has 0 unspecified atom stereocenters. The molecule has 14 fully saturated rings. The fourth-order valence-corrected chi connectivity index (χ4v) is 17.5. The Balaban J connectivity index is 1.16. The normalized spacial score (nSPS) is 53.6. The van der Waals surface area contributed by atoms with Crippen molar-refractivity contribution >= 4 is 0 Å². The van der Waals surface area contributed by atoms with E-state index in [9.17, 15) is 0 Å². The van der Waals surface area contributed by atoms with Gasteiger partial charge in [-0.3, -0.25) is 0 Å². The molecule has 0 nitrogen and oxygen atoms in total. The fraction of sp³-hybridized carbons (Fsp3) is 0.933.